The van der Waals surface area contributed by atoms with Crippen LogP contribution in [0.1, 0.15) is 39.7 Å². The number of aryl methyl sites for hydroxylation is 1. The molecule has 0 spiro atoms. The fourth-order valence-electron chi connectivity index (χ4n) is 1.98. The van der Waals surface area contributed by atoms with E-state index in [0.717, 1.165) is 6.07 Å². The van der Waals surface area contributed by atoms with Gasteiger partial charge >= 0.3 is 0 Å². The summed E-state index contributed by atoms with van der Waals surface area (Å²) >= 11 is 0. The van der Waals surface area contributed by atoms with Crippen LogP contribution in [0.15, 0.2) is 18.2 Å². The Morgan fingerprint density at radius 2 is 1.67 bits per heavy atom. The molecule has 0 bridgehead atoms. The van der Waals surface area contributed by atoms with E-state index in [-0.39, 0.29) is 25.0 Å². The summed E-state index contributed by atoms with van der Waals surface area (Å²) in [6, 6.07) is 3.49. The standard InChI is InChI=1S/C15H21F2O3Si/c1-10(2)18-15(20-21,19-11(3)4)8-7-12-5-6-13(16)9-14(12)17/h5-6,9-11H,7-8H2,1-4H3. The van der Waals surface area contributed by atoms with Crippen LogP contribution in [0.3, 0.4) is 0 Å². The molecule has 117 valence electrons. The SMILES string of the molecule is CC(C)OC(CCc1ccc(F)cc1F)(O[Si])OC(C)C. The van der Waals surface area contributed by atoms with Gasteiger partial charge in [-0.3, -0.25) is 0 Å². The first kappa shape index (κ1) is 18.2. The molecule has 3 nitrogen and oxygen atoms in total. The third kappa shape index (κ3) is 5.82. The van der Waals surface area contributed by atoms with E-state index in [0.29, 0.717) is 5.56 Å². The van der Waals surface area contributed by atoms with Crippen LogP contribution in [-0.2, 0) is 20.3 Å². The van der Waals surface area contributed by atoms with Gasteiger partial charge in [0.15, 0.2) is 0 Å². The number of hydrogen-bond donors (Lipinski definition) is 0. The molecule has 0 aliphatic rings. The zero-order valence-electron chi connectivity index (χ0n) is 12.8. The van der Waals surface area contributed by atoms with Gasteiger partial charge in [-0.2, -0.15) is 0 Å². The molecule has 1 aromatic carbocycles. The second kappa shape index (κ2) is 7.98. The average Bonchev–Trinajstić information content (AvgIpc) is 2.36. The van der Waals surface area contributed by atoms with Gasteiger partial charge < -0.3 is 13.9 Å². The number of ether oxygens (including phenoxy) is 2. The van der Waals surface area contributed by atoms with Crippen LogP contribution in [0.2, 0.25) is 0 Å². The summed E-state index contributed by atoms with van der Waals surface area (Å²) in [4.78, 5) is 0. The highest BCUT2D eigenvalue weighted by Crippen LogP contribution is 2.26. The maximum atomic E-state index is 13.7. The molecule has 21 heavy (non-hydrogen) atoms. The van der Waals surface area contributed by atoms with E-state index >= 15 is 0 Å². The Labute approximate surface area is 128 Å². The molecule has 3 radical (unpaired) electrons. The van der Waals surface area contributed by atoms with Crippen LogP contribution >= 0.6 is 0 Å². The maximum absolute atomic E-state index is 13.7. The van der Waals surface area contributed by atoms with E-state index in [9.17, 15) is 8.78 Å². The van der Waals surface area contributed by atoms with Crippen LogP contribution in [0.4, 0.5) is 8.78 Å². The van der Waals surface area contributed by atoms with Crippen molar-refractivity contribution in [3.05, 3.63) is 35.4 Å². The molecular formula is C15H21F2O3Si. The highest BCUT2D eigenvalue weighted by atomic mass is 28.2. The lowest BCUT2D eigenvalue weighted by atomic mass is 10.1. The quantitative estimate of drug-likeness (QED) is 0.543. The molecular weight excluding hydrogens is 294 g/mol. The number of rotatable bonds is 8. The van der Waals surface area contributed by atoms with Gasteiger partial charge in [-0.1, -0.05) is 6.07 Å². The average molecular weight is 315 g/mol. The van der Waals surface area contributed by atoms with Crippen LogP contribution < -0.4 is 0 Å². The second-order valence-corrected chi connectivity index (χ2v) is 5.56. The van der Waals surface area contributed by atoms with Gasteiger partial charge in [0.25, 0.3) is 16.5 Å². The molecule has 0 saturated carbocycles. The molecule has 1 aromatic rings. The molecule has 1 rings (SSSR count). The van der Waals surface area contributed by atoms with Crippen LogP contribution in [0.25, 0.3) is 0 Å². The first-order chi connectivity index (χ1) is 9.78. The van der Waals surface area contributed by atoms with Gasteiger partial charge in [-0.15, -0.1) is 0 Å². The molecule has 0 unspecified atom stereocenters. The Morgan fingerprint density at radius 1 is 1.10 bits per heavy atom. The Bertz CT molecular complexity index is 443. The Balaban J connectivity index is 2.84. The molecule has 0 atom stereocenters. The fourth-order valence-corrected chi connectivity index (χ4v) is 2.17. The van der Waals surface area contributed by atoms with Crippen LogP contribution in [-0.4, -0.2) is 28.7 Å². The molecule has 0 aliphatic heterocycles. The van der Waals surface area contributed by atoms with Gasteiger partial charge in [0.05, 0.1) is 12.2 Å². The summed E-state index contributed by atoms with van der Waals surface area (Å²) in [5.41, 5.74) is 0.379. The van der Waals surface area contributed by atoms with Crippen molar-refractivity contribution < 1.29 is 22.7 Å². The van der Waals surface area contributed by atoms with Crippen molar-refractivity contribution in [3.8, 4) is 0 Å². The van der Waals surface area contributed by atoms with E-state index in [4.69, 9.17) is 13.9 Å². The maximum Gasteiger partial charge on any atom is 0.273 e. The molecule has 0 fully saturated rings. The van der Waals surface area contributed by atoms with E-state index in [1.54, 1.807) is 0 Å². The van der Waals surface area contributed by atoms with Crippen molar-refractivity contribution in [3.63, 3.8) is 0 Å². The predicted molar refractivity (Wildman–Crippen MR) is 76.7 cm³/mol. The summed E-state index contributed by atoms with van der Waals surface area (Å²) in [6.07, 6.45) is 0.266. The van der Waals surface area contributed by atoms with E-state index < -0.39 is 17.6 Å². The molecule has 6 heteroatoms. The molecule has 0 aliphatic carbocycles. The zero-order chi connectivity index (χ0) is 16.0. The van der Waals surface area contributed by atoms with E-state index in [1.165, 1.54) is 12.1 Å². The van der Waals surface area contributed by atoms with Crippen LogP contribution in [0, 0.1) is 11.6 Å². The van der Waals surface area contributed by atoms with Gasteiger partial charge in [-0.25, -0.2) is 8.78 Å². The first-order valence-electron chi connectivity index (χ1n) is 6.92. The van der Waals surface area contributed by atoms with E-state index in [2.05, 4.69) is 10.5 Å². The highest BCUT2D eigenvalue weighted by molar-refractivity contribution is 5.98. The topological polar surface area (TPSA) is 27.7 Å². The summed E-state index contributed by atoms with van der Waals surface area (Å²) in [6.45, 7) is 7.40. The predicted octanol–water partition coefficient (Wildman–Crippen LogP) is 3.50. The molecule has 0 saturated heterocycles. The normalized spacial score (nSPS) is 12.4. The molecule has 0 aromatic heterocycles. The van der Waals surface area contributed by atoms with Crippen molar-refractivity contribution in [2.45, 2.75) is 58.7 Å². The zero-order valence-corrected chi connectivity index (χ0v) is 13.8. The number of halogens is 2. The van der Waals surface area contributed by atoms with Crippen LogP contribution in [0.5, 0.6) is 0 Å². The third-order valence-electron chi connectivity index (χ3n) is 2.70. The highest BCUT2D eigenvalue weighted by Gasteiger charge is 2.34. The third-order valence-corrected chi connectivity index (χ3v) is 3.01. The smallest absolute Gasteiger partial charge is 0.273 e. The van der Waals surface area contributed by atoms with E-state index in [1.807, 2.05) is 27.7 Å². The molecule has 0 heterocycles. The minimum Gasteiger partial charge on any atom is -0.371 e. The summed E-state index contributed by atoms with van der Waals surface area (Å²) in [5, 5.41) is 0. The fraction of sp³-hybridized carbons (Fsp3) is 0.600. The Morgan fingerprint density at radius 3 is 2.10 bits per heavy atom. The van der Waals surface area contributed by atoms with Gasteiger partial charge in [-0.05, 0) is 45.7 Å². The minimum absolute atomic E-state index is 0.141. The minimum atomic E-state index is -1.32. The molecule has 0 amide bonds. The van der Waals surface area contributed by atoms with Crippen molar-refractivity contribution in [2.24, 2.45) is 0 Å². The Kier molecular flexibility index (Phi) is 6.93. The van der Waals surface area contributed by atoms with Crippen molar-refractivity contribution in [1.29, 1.82) is 0 Å². The summed E-state index contributed by atoms with van der Waals surface area (Å²) in [5.74, 6) is -2.51. The second-order valence-electron chi connectivity index (χ2n) is 5.35. The first-order valence-corrected chi connectivity index (χ1v) is 7.33. The van der Waals surface area contributed by atoms with Crippen molar-refractivity contribution in [1.82, 2.24) is 0 Å². The lowest BCUT2D eigenvalue weighted by Gasteiger charge is -2.35. The lowest BCUT2D eigenvalue weighted by Crippen LogP contribution is -2.43. The van der Waals surface area contributed by atoms with Gasteiger partial charge in [0, 0.05) is 12.5 Å². The largest absolute Gasteiger partial charge is 0.371 e. The number of hydrogen-bond acceptors (Lipinski definition) is 3. The monoisotopic (exact) mass is 315 g/mol. The lowest BCUT2D eigenvalue weighted by molar-refractivity contribution is -0.368. The Hall–Kier alpha value is -0.823. The summed E-state index contributed by atoms with van der Waals surface area (Å²) < 4.78 is 43.2. The van der Waals surface area contributed by atoms with Crippen molar-refractivity contribution in [2.75, 3.05) is 0 Å². The van der Waals surface area contributed by atoms with Gasteiger partial charge in [0.2, 0.25) is 0 Å². The molecule has 0 N–H and O–H groups in total. The number of benzene rings is 1. The summed E-state index contributed by atoms with van der Waals surface area (Å²) in [7, 11) is 2.98. The van der Waals surface area contributed by atoms with Crippen molar-refractivity contribution >= 4 is 10.5 Å². The van der Waals surface area contributed by atoms with Gasteiger partial charge in [0.1, 0.15) is 11.6 Å².